The third kappa shape index (κ3) is 3.91. The van der Waals surface area contributed by atoms with Crippen molar-refractivity contribution in [1.29, 1.82) is 0 Å². The molecule has 4 heteroatoms. The maximum absolute atomic E-state index is 5.42. The van der Waals surface area contributed by atoms with E-state index in [1.165, 1.54) is 38.5 Å². The van der Waals surface area contributed by atoms with Crippen molar-refractivity contribution < 1.29 is 4.74 Å². The maximum atomic E-state index is 5.42. The molecule has 3 nitrogen and oxygen atoms in total. The molecule has 16 heavy (non-hydrogen) atoms. The van der Waals surface area contributed by atoms with Crippen LogP contribution in [-0.4, -0.2) is 30.4 Å². The fourth-order valence-corrected chi connectivity index (χ4v) is 2.85. The summed E-state index contributed by atoms with van der Waals surface area (Å²) in [7, 11) is 0. The minimum Gasteiger partial charge on any atom is -0.379 e. The van der Waals surface area contributed by atoms with E-state index < -0.39 is 0 Å². The second kappa shape index (κ2) is 6.40. The third-order valence-electron chi connectivity index (χ3n) is 3.44. The van der Waals surface area contributed by atoms with Gasteiger partial charge in [-0.2, -0.15) is 0 Å². The largest absolute Gasteiger partial charge is 0.379 e. The van der Waals surface area contributed by atoms with Crippen LogP contribution in [0.2, 0.25) is 0 Å². The average molecular weight is 242 g/mol. The predicted molar refractivity (Wildman–Crippen MR) is 69.6 cm³/mol. The van der Waals surface area contributed by atoms with Crippen molar-refractivity contribution in [1.82, 2.24) is 10.6 Å². The molecule has 0 aromatic carbocycles. The van der Waals surface area contributed by atoms with Crippen molar-refractivity contribution in [2.45, 2.75) is 57.0 Å². The second-order valence-electron chi connectivity index (χ2n) is 4.87. The third-order valence-corrected chi connectivity index (χ3v) is 3.67. The number of hydrogen-bond acceptors (Lipinski definition) is 2. The Kier molecular flexibility index (Phi) is 4.85. The molecule has 2 aliphatic rings. The summed E-state index contributed by atoms with van der Waals surface area (Å²) in [5.74, 6) is 0. The molecule has 1 unspecified atom stereocenters. The van der Waals surface area contributed by atoms with E-state index in [-0.39, 0.29) is 0 Å². The van der Waals surface area contributed by atoms with Gasteiger partial charge in [0.15, 0.2) is 5.11 Å². The van der Waals surface area contributed by atoms with E-state index in [1.807, 2.05) is 0 Å². The van der Waals surface area contributed by atoms with Crippen LogP contribution in [0.3, 0.4) is 0 Å². The average Bonchev–Trinajstić information content (AvgIpc) is 2.31. The van der Waals surface area contributed by atoms with Gasteiger partial charge in [0.25, 0.3) is 0 Å². The molecule has 0 aromatic rings. The number of rotatable bonds is 2. The Morgan fingerprint density at radius 3 is 2.31 bits per heavy atom. The van der Waals surface area contributed by atoms with Crippen molar-refractivity contribution in [3.8, 4) is 0 Å². The molecule has 1 saturated heterocycles. The first-order valence-electron chi connectivity index (χ1n) is 6.49. The Hall–Kier alpha value is -0.350. The number of ether oxygens (including phenoxy) is 1. The molecule has 2 rings (SSSR count). The van der Waals surface area contributed by atoms with E-state index >= 15 is 0 Å². The summed E-state index contributed by atoms with van der Waals surface area (Å²) in [5, 5.41) is 7.61. The quantitative estimate of drug-likeness (QED) is 0.725. The topological polar surface area (TPSA) is 33.3 Å². The summed E-state index contributed by atoms with van der Waals surface area (Å²) in [4.78, 5) is 0. The predicted octanol–water partition coefficient (Wildman–Crippen LogP) is 1.96. The van der Waals surface area contributed by atoms with Crippen molar-refractivity contribution in [3.63, 3.8) is 0 Å². The highest BCUT2D eigenvalue weighted by Crippen LogP contribution is 2.17. The second-order valence-corrected chi connectivity index (χ2v) is 5.28. The van der Waals surface area contributed by atoms with Gasteiger partial charge in [0.05, 0.1) is 12.6 Å². The van der Waals surface area contributed by atoms with E-state index in [0.29, 0.717) is 12.1 Å². The minimum absolute atomic E-state index is 0.414. The first-order chi connectivity index (χ1) is 7.84. The van der Waals surface area contributed by atoms with Gasteiger partial charge in [0.1, 0.15) is 0 Å². The summed E-state index contributed by atoms with van der Waals surface area (Å²) >= 11 is 5.34. The summed E-state index contributed by atoms with van der Waals surface area (Å²) in [6.45, 7) is 1.70. The lowest BCUT2D eigenvalue weighted by molar-refractivity contribution is 0.0762. The zero-order valence-corrected chi connectivity index (χ0v) is 10.7. The van der Waals surface area contributed by atoms with Gasteiger partial charge in [-0.3, -0.25) is 0 Å². The lowest BCUT2D eigenvalue weighted by atomic mass is 9.96. The zero-order chi connectivity index (χ0) is 11.2. The van der Waals surface area contributed by atoms with Gasteiger partial charge in [-0.15, -0.1) is 0 Å². The number of nitrogens with one attached hydrogen (secondary N) is 2. The smallest absolute Gasteiger partial charge is 0.166 e. The molecule has 2 N–H and O–H groups in total. The summed E-state index contributed by atoms with van der Waals surface area (Å²) < 4.78 is 5.42. The molecule has 1 saturated carbocycles. The van der Waals surface area contributed by atoms with Gasteiger partial charge in [0, 0.05) is 12.6 Å². The van der Waals surface area contributed by atoms with Gasteiger partial charge in [-0.1, -0.05) is 19.3 Å². The highest BCUT2D eigenvalue weighted by atomic mass is 32.1. The lowest BCUT2D eigenvalue weighted by Crippen LogP contribution is -2.48. The zero-order valence-electron chi connectivity index (χ0n) is 9.84. The van der Waals surface area contributed by atoms with Crippen LogP contribution in [0.25, 0.3) is 0 Å². The fraction of sp³-hybridized carbons (Fsp3) is 0.917. The molecule has 0 amide bonds. The van der Waals surface area contributed by atoms with Crippen LogP contribution in [0.5, 0.6) is 0 Å². The molecular weight excluding hydrogens is 220 g/mol. The van der Waals surface area contributed by atoms with Gasteiger partial charge in [-0.05, 0) is 37.9 Å². The van der Waals surface area contributed by atoms with Crippen molar-refractivity contribution in [2.24, 2.45) is 0 Å². The van der Waals surface area contributed by atoms with Gasteiger partial charge in [-0.25, -0.2) is 0 Å². The molecule has 0 aromatic heterocycles. The number of hydrogen-bond donors (Lipinski definition) is 2. The van der Waals surface area contributed by atoms with Gasteiger partial charge >= 0.3 is 0 Å². The summed E-state index contributed by atoms with van der Waals surface area (Å²) in [6, 6.07) is 1.01. The van der Waals surface area contributed by atoms with E-state index in [0.717, 1.165) is 24.7 Å². The Bertz CT molecular complexity index is 201. The highest BCUT2D eigenvalue weighted by Gasteiger charge is 2.17. The van der Waals surface area contributed by atoms with Crippen LogP contribution in [0, 0.1) is 0 Å². The SMILES string of the molecule is S=C(NC1CCCCC1)NC1CCCOC1. The Labute approximate surface area is 103 Å². The molecule has 0 radical (unpaired) electrons. The van der Waals surface area contributed by atoms with E-state index in [4.69, 9.17) is 17.0 Å². The summed E-state index contributed by atoms with van der Waals surface area (Å²) in [6.07, 6.45) is 8.91. The monoisotopic (exact) mass is 242 g/mol. The Morgan fingerprint density at radius 1 is 0.938 bits per heavy atom. The minimum atomic E-state index is 0.414. The Balaban J connectivity index is 1.66. The van der Waals surface area contributed by atoms with E-state index in [9.17, 15) is 0 Å². The molecular formula is C12H22N2OS. The molecule has 1 aliphatic heterocycles. The summed E-state index contributed by atoms with van der Waals surface area (Å²) in [5.41, 5.74) is 0. The van der Waals surface area contributed by atoms with Crippen LogP contribution >= 0.6 is 12.2 Å². The molecule has 0 bridgehead atoms. The van der Waals surface area contributed by atoms with Crippen LogP contribution in [0.4, 0.5) is 0 Å². The van der Waals surface area contributed by atoms with Crippen molar-refractivity contribution in [3.05, 3.63) is 0 Å². The molecule has 2 fully saturated rings. The molecule has 92 valence electrons. The van der Waals surface area contributed by atoms with Crippen molar-refractivity contribution >= 4 is 17.3 Å². The first kappa shape index (κ1) is 12.1. The number of thiocarbonyl (C=S) groups is 1. The standard InChI is InChI=1S/C12H22N2OS/c16-12(13-10-5-2-1-3-6-10)14-11-7-4-8-15-9-11/h10-11H,1-9H2,(H2,13,14,16). The Morgan fingerprint density at radius 2 is 1.62 bits per heavy atom. The van der Waals surface area contributed by atoms with Crippen LogP contribution < -0.4 is 10.6 Å². The normalized spacial score (nSPS) is 27.4. The van der Waals surface area contributed by atoms with Crippen LogP contribution in [-0.2, 0) is 4.74 Å². The van der Waals surface area contributed by atoms with Crippen LogP contribution in [0.1, 0.15) is 44.9 Å². The van der Waals surface area contributed by atoms with Gasteiger partial charge < -0.3 is 15.4 Å². The van der Waals surface area contributed by atoms with Crippen molar-refractivity contribution in [2.75, 3.05) is 13.2 Å². The van der Waals surface area contributed by atoms with E-state index in [1.54, 1.807) is 0 Å². The fourth-order valence-electron chi connectivity index (χ4n) is 2.51. The molecule has 0 spiro atoms. The first-order valence-corrected chi connectivity index (χ1v) is 6.90. The molecule has 1 heterocycles. The van der Waals surface area contributed by atoms with Gasteiger partial charge in [0.2, 0.25) is 0 Å². The van der Waals surface area contributed by atoms with Crippen LogP contribution in [0.15, 0.2) is 0 Å². The molecule has 1 atom stereocenters. The maximum Gasteiger partial charge on any atom is 0.166 e. The van der Waals surface area contributed by atoms with E-state index in [2.05, 4.69) is 10.6 Å². The molecule has 1 aliphatic carbocycles. The lowest BCUT2D eigenvalue weighted by Gasteiger charge is -2.28. The highest BCUT2D eigenvalue weighted by molar-refractivity contribution is 7.80.